The van der Waals surface area contributed by atoms with Gasteiger partial charge in [-0.25, -0.2) is 18.4 Å². The number of hydrogen-bond donors (Lipinski definition) is 0. The number of pyridine rings is 1. The molecule has 1 saturated carbocycles. The zero-order valence-electron chi connectivity index (χ0n) is 15.7. The van der Waals surface area contributed by atoms with Crippen molar-refractivity contribution in [2.45, 2.75) is 36.8 Å². The second-order valence-corrected chi connectivity index (χ2v) is 9.24. The Balaban J connectivity index is 2.02. The molecule has 7 nitrogen and oxygen atoms in total. The van der Waals surface area contributed by atoms with Crippen molar-refractivity contribution in [2.24, 2.45) is 14.1 Å². The molecular formula is C17H17F4N5O2S. The smallest absolute Gasteiger partial charge is 0.322 e. The van der Waals surface area contributed by atoms with Crippen molar-refractivity contribution in [3.63, 3.8) is 0 Å². The van der Waals surface area contributed by atoms with Gasteiger partial charge >= 0.3 is 6.18 Å². The number of aromatic nitrogens is 5. The lowest BCUT2D eigenvalue weighted by Crippen LogP contribution is -2.10. The second kappa shape index (κ2) is 6.25. The number of fused-ring (bicyclic) bond motifs is 1. The molecule has 0 bridgehead atoms. The Morgan fingerprint density at radius 3 is 2.41 bits per heavy atom. The van der Waals surface area contributed by atoms with E-state index in [-0.39, 0.29) is 39.1 Å². The van der Waals surface area contributed by atoms with E-state index in [1.54, 1.807) is 7.05 Å². The third-order valence-corrected chi connectivity index (χ3v) is 6.80. The van der Waals surface area contributed by atoms with Crippen molar-refractivity contribution in [2.75, 3.05) is 5.75 Å². The lowest BCUT2D eigenvalue weighted by Gasteiger charge is -2.07. The summed E-state index contributed by atoms with van der Waals surface area (Å²) < 4.78 is 81.6. The fourth-order valence-corrected chi connectivity index (χ4v) is 4.80. The van der Waals surface area contributed by atoms with Crippen molar-refractivity contribution < 1.29 is 26.0 Å². The lowest BCUT2D eigenvalue weighted by atomic mass is 10.2. The highest BCUT2D eigenvalue weighted by Gasteiger charge is 2.38. The lowest BCUT2D eigenvalue weighted by molar-refractivity contribution is -0.141. The Hall–Kier alpha value is -2.50. The van der Waals surface area contributed by atoms with Gasteiger partial charge in [0.05, 0.1) is 17.0 Å². The summed E-state index contributed by atoms with van der Waals surface area (Å²) in [5.74, 6) is -1.50. The molecule has 0 atom stereocenters. The molecule has 3 aromatic heterocycles. The number of hydrogen-bond acceptors (Lipinski definition) is 5. The topological polar surface area (TPSA) is 82.7 Å². The Bertz CT molecular complexity index is 1240. The van der Waals surface area contributed by atoms with E-state index < -0.39 is 27.7 Å². The van der Waals surface area contributed by atoms with Gasteiger partial charge in [-0.1, -0.05) is 6.92 Å². The number of imidazole rings is 1. The number of nitrogens with zero attached hydrogens (tertiary/aromatic N) is 5. The van der Waals surface area contributed by atoms with E-state index in [0.717, 1.165) is 12.8 Å². The molecule has 0 amide bonds. The van der Waals surface area contributed by atoms with Crippen LogP contribution in [0.1, 0.15) is 37.1 Å². The zero-order chi connectivity index (χ0) is 21.3. The van der Waals surface area contributed by atoms with Gasteiger partial charge in [0.1, 0.15) is 21.8 Å². The summed E-state index contributed by atoms with van der Waals surface area (Å²) in [6.07, 6.45) is -3.20. The molecule has 0 aliphatic heterocycles. The second-order valence-electron chi connectivity index (χ2n) is 7.02. The molecule has 0 radical (unpaired) electrons. The van der Waals surface area contributed by atoms with Crippen LogP contribution in [0.2, 0.25) is 0 Å². The quantitative estimate of drug-likeness (QED) is 0.468. The molecule has 1 fully saturated rings. The number of halogens is 4. The predicted octanol–water partition coefficient (Wildman–Crippen LogP) is 3.20. The molecule has 0 unspecified atom stereocenters. The van der Waals surface area contributed by atoms with Crippen molar-refractivity contribution in [3.05, 3.63) is 23.4 Å². The molecular weight excluding hydrogens is 414 g/mol. The first-order valence-corrected chi connectivity index (χ1v) is 10.5. The van der Waals surface area contributed by atoms with Crippen LogP contribution in [-0.4, -0.2) is 38.5 Å². The van der Waals surface area contributed by atoms with Gasteiger partial charge in [0, 0.05) is 20.0 Å². The Morgan fingerprint density at radius 2 is 1.86 bits per heavy atom. The maximum atomic E-state index is 14.4. The highest BCUT2D eigenvalue weighted by molar-refractivity contribution is 7.91. The normalized spacial score (nSPS) is 15.4. The number of sulfone groups is 1. The molecule has 0 saturated heterocycles. The average molecular weight is 431 g/mol. The van der Waals surface area contributed by atoms with Gasteiger partial charge in [0.15, 0.2) is 15.7 Å². The molecule has 0 spiro atoms. The van der Waals surface area contributed by atoms with Gasteiger partial charge in [-0.05, 0) is 18.9 Å². The van der Waals surface area contributed by atoms with Crippen molar-refractivity contribution >= 4 is 20.9 Å². The first kappa shape index (κ1) is 19.8. The largest absolute Gasteiger partial charge is 0.433 e. The van der Waals surface area contributed by atoms with Gasteiger partial charge < -0.3 is 4.57 Å². The van der Waals surface area contributed by atoms with E-state index in [1.165, 1.54) is 23.2 Å². The Morgan fingerprint density at radius 1 is 1.21 bits per heavy atom. The minimum absolute atomic E-state index is 0.00269. The molecule has 1 aliphatic rings. The molecule has 4 rings (SSSR count). The van der Waals surface area contributed by atoms with Gasteiger partial charge in [-0.2, -0.15) is 22.7 Å². The molecule has 3 aromatic rings. The fourth-order valence-electron chi connectivity index (χ4n) is 3.46. The minimum atomic E-state index is -4.84. The van der Waals surface area contributed by atoms with E-state index in [9.17, 15) is 26.0 Å². The van der Waals surface area contributed by atoms with E-state index in [1.807, 2.05) is 0 Å². The first-order valence-electron chi connectivity index (χ1n) is 8.85. The van der Waals surface area contributed by atoms with Crippen LogP contribution in [0.4, 0.5) is 17.6 Å². The standard InChI is InChI=1S/C17H17F4N5O2S/c1-4-29(27,28)14-11(24-26(3)12(14)8-5-6-8)16-22-9-7-10(17(19,20)21)23-15(18)13(9)25(16)2/h7-8H,4-6H2,1-3H3. The molecule has 1 aliphatic carbocycles. The fraction of sp³-hybridized carbons (Fsp3) is 0.471. The third-order valence-electron chi connectivity index (χ3n) is 5.01. The van der Waals surface area contributed by atoms with Gasteiger partial charge in [0.25, 0.3) is 0 Å². The summed E-state index contributed by atoms with van der Waals surface area (Å²) in [6.45, 7) is 1.50. The summed E-state index contributed by atoms with van der Waals surface area (Å²) in [4.78, 5) is 7.10. The number of aryl methyl sites for hydroxylation is 2. The molecule has 12 heteroatoms. The monoisotopic (exact) mass is 431 g/mol. The average Bonchev–Trinajstić information content (AvgIpc) is 3.32. The highest BCUT2D eigenvalue weighted by atomic mass is 32.2. The third kappa shape index (κ3) is 3.09. The van der Waals surface area contributed by atoms with Crippen molar-refractivity contribution in [1.82, 2.24) is 24.3 Å². The van der Waals surface area contributed by atoms with Crippen LogP contribution in [0.25, 0.3) is 22.6 Å². The van der Waals surface area contributed by atoms with Crippen LogP contribution in [-0.2, 0) is 30.1 Å². The van der Waals surface area contributed by atoms with Crippen LogP contribution in [0.5, 0.6) is 0 Å². The SMILES string of the molecule is CCS(=O)(=O)c1c(-c2nc3cc(C(F)(F)F)nc(F)c3n2C)nn(C)c1C1CC1. The van der Waals surface area contributed by atoms with Crippen molar-refractivity contribution in [1.29, 1.82) is 0 Å². The van der Waals surface area contributed by atoms with Crippen LogP contribution in [0, 0.1) is 5.95 Å². The molecule has 0 aromatic carbocycles. The van der Waals surface area contributed by atoms with E-state index in [0.29, 0.717) is 11.8 Å². The van der Waals surface area contributed by atoms with Gasteiger partial charge in [-0.3, -0.25) is 4.68 Å². The summed E-state index contributed by atoms with van der Waals surface area (Å²) >= 11 is 0. The van der Waals surface area contributed by atoms with E-state index in [2.05, 4.69) is 15.1 Å². The summed E-state index contributed by atoms with van der Waals surface area (Å²) in [6, 6.07) is 0.640. The van der Waals surface area contributed by atoms with Crippen LogP contribution in [0.3, 0.4) is 0 Å². The van der Waals surface area contributed by atoms with Crippen LogP contribution < -0.4 is 0 Å². The van der Waals surface area contributed by atoms with Crippen LogP contribution >= 0.6 is 0 Å². The summed E-state index contributed by atoms with van der Waals surface area (Å²) in [7, 11) is -0.719. The number of alkyl halides is 3. The Labute approximate surface area is 163 Å². The molecule has 0 N–H and O–H groups in total. The van der Waals surface area contributed by atoms with E-state index >= 15 is 0 Å². The van der Waals surface area contributed by atoms with Crippen molar-refractivity contribution in [3.8, 4) is 11.5 Å². The summed E-state index contributed by atoms with van der Waals surface area (Å²) in [5, 5.41) is 4.30. The van der Waals surface area contributed by atoms with Crippen LogP contribution in [0.15, 0.2) is 11.0 Å². The Kier molecular flexibility index (Phi) is 4.27. The molecule has 3 heterocycles. The zero-order valence-corrected chi connectivity index (χ0v) is 16.6. The maximum Gasteiger partial charge on any atom is 0.433 e. The first-order chi connectivity index (χ1) is 13.5. The van der Waals surface area contributed by atoms with E-state index in [4.69, 9.17) is 0 Å². The summed E-state index contributed by atoms with van der Waals surface area (Å²) in [5.41, 5.74) is -1.40. The molecule has 29 heavy (non-hydrogen) atoms. The minimum Gasteiger partial charge on any atom is -0.322 e. The number of rotatable bonds is 4. The highest BCUT2D eigenvalue weighted by Crippen LogP contribution is 2.45. The molecule has 156 valence electrons. The maximum absolute atomic E-state index is 14.4. The van der Waals surface area contributed by atoms with Gasteiger partial charge in [0.2, 0.25) is 5.95 Å². The predicted molar refractivity (Wildman–Crippen MR) is 95.4 cm³/mol. The van der Waals surface area contributed by atoms with Gasteiger partial charge in [-0.15, -0.1) is 0 Å².